The third-order valence-corrected chi connectivity index (χ3v) is 8.01. The number of benzene rings is 1. The van der Waals surface area contributed by atoms with Crippen molar-refractivity contribution in [2.45, 2.75) is 57.7 Å². The minimum absolute atomic E-state index is 0.131. The van der Waals surface area contributed by atoms with Gasteiger partial charge < -0.3 is 9.16 Å². The van der Waals surface area contributed by atoms with Crippen molar-refractivity contribution in [3.05, 3.63) is 66.0 Å². The molecule has 3 heteroatoms. The average molecular weight is 381 g/mol. The van der Waals surface area contributed by atoms with E-state index in [0.717, 1.165) is 11.5 Å². The molecule has 4 rings (SSSR count). The molecule has 0 radical (unpaired) electrons. The highest BCUT2D eigenvalue weighted by Gasteiger charge is 2.68. The SMILES string of the molecule is C=C(O[Si](C)(C)C)C1=C[C@@]23C=C[C@]1(c1ccc(OC)cc1)[C@@]2(C)CCCC3. The van der Waals surface area contributed by atoms with Crippen LogP contribution < -0.4 is 4.74 Å². The summed E-state index contributed by atoms with van der Waals surface area (Å²) in [5, 5.41) is 0. The molecule has 144 valence electrons. The molecular weight excluding hydrogens is 348 g/mol. The van der Waals surface area contributed by atoms with Gasteiger partial charge in [0.1, 0.15) is 5.75 Å². The molecule has 2 nitrogen and oxygen atoms in total. The summed E-state index contributed by atoms with van der Waals surface area (Å²) in [7, 11) is -0.000854. The van der Waals surface area contributed by atoms with E-state index in [2.05, 4.69) is 75.6 Å². The van der Waals surface area contributed by atoms with Gasteiger partial charge in [0, 0.05) is 16.4 Å². The van der Waals surface area contributed by atoms with E-state index >= 15 is 0 Å². The molecule has 0 spiro atoms. The van der Waals surface area contributed by atoms with Gasteiger partial charge in [-0.25, -0.2) is 0 Å². The van der Waals surface area contributed by atoms with Crippen LogP contribution >= 0.6 is 0 Å². The van der Waals surface area contributed by atoms with Gasteiger partial charge >= 0.3 is 0 Å². The monoisotopic (exact) mass is 380 g/mol. The van der Waals surface area contributed by atoms with Crippen LogP contribution in [0.3, 0.4) is 0 Å². The van der Waals surface area contributed by atoms with Crippen LogP contribution in [0.4, 0.5) is 0 Å². The second kappa shape index (κ2) is 5.87. The molecule has 0 N–H and O–H groups in total. The zero-order valence-electron chi connectivity index (χ0n) is 17.4. The second-order valence-electron chi connectivity index (χ2n) is 9.65. The first-order valence-corrected chi connectivity index (χ1v) is 13.5. The molecule has 3 atom stereocenters. The Kier molecular flexibility index (Phi) is 4.05. The molecule has 0 aliphatic heterocycles. The van der Waals surface area contributed by atoms with Crippen LogP contribution in [0.15, 0.2) is 60.4 Å². The summed E-state index contributed by atoms with van der Waals surface area (Å²) in [6, 6.07) is 8.64. The summed E-state index contributed by atoms with van der Waals surface area (Å²) in [5.74, 6) is 1.78. The molecular formula is C24H32O2Si. The molecule has 0 unspecified atom stereocenters. The predicted octanol–water partition coefficient (Wildman–Crippen LogP) is 6.37. The van der Waals surface area contributed by atoms with Crippen molar-refractivity contribution in [2.75, 3.05) is 7.11 Å². The van der Waals surface area contributed by atoms with E-state index in [9.17, 15) is 0 Å². The number of rotatable bonds is 5. The molecule has 2 bridgehead atoms. The highest BCUT2D eigenvalue weighted by Crippen LogP contribution is 2.74. The summed E-state index contributed by atoms with van der Waals surface area (Å²) >= 11 is 0. The van der Waals surface area contributed by atoms with Crippen molar-refractivity contribution in [1.29, 1.82) is 0 Å². The number of ether oxygens (including phenoxy) is 1. The lowest BCUT2D eigenvalue weighted by atomic mass is 9.52. The molecule has 1 aromatic rings. The van der Waals surface area contributed by atoms with Crippen LogP contribution in [0, 0.1) is 10.8 Å². The maximum atomic E-state index is 6.43. The number of allylic oxidation sites excluding steroid dienone is 4. The van der Waals surface area contributed by atoms with E-state index in [-0.39, 0.29) is 16.2 Å². The van der Waals surface area contributed by atoms with Gasteiger partial charge in [-0.1, -0.05) is 56.7 Å². The molecule has 1 fully saturated rings. The van der Waals surface area contributed by atoms with Gasteiger partial charge in [-0.3, -0.25) is 0 Å². The van der Waals surface area contributed by atoms with Crippen molar-refractivity contribution in [3.63, 3.8) is 0 Å². The van der Waals surface area contributed by atoms with Gasteiger partial charge in [-0.2, -0.15) is 0 Å². The average Bonchev–Trinajstić information content (AvgIpc) is 3.02. The predicted molar refractivity (Wildman–Crippen MR) is 114 cm³/mol. The largest absolute Gasteiger partial charge is 0.545 e. The Labute approximate surface area is 165 Å². The lowest BCUT2D eigenvalue weighted by Crippen LogP contribution is -2.46. The van der Waals surface area contributed by atoms with Crippen molar-refractivity contribution in [1.82, 2.24) is 0 Å². The first-order valence-electron chi connectivity index (χ1n) is 10.1. The van der Waals surface area contributed by atoms with Gasteiger partial charge in [0.25, 0.3) is 0 Å². The Hall–Kier alpha value is -1.74. The topological polar surface area (TPSA) is 18.5 Å². The fourth-order valence-corrected chi connectivity index (χ4v) is 6.73. The third kappa shape index (κ3) is 2.43. The number of hydrogen-bond acceptors (Lipinski definition) is 2. The molecule has 3 aliphatic rings. The van der Waals surface area contributed by atoms with E-state index in [0.29, 0.717) is 0 Å². The van der Waals surface area contributed by atoms with Crippen LogP contribution in [0.2, 0.25) is 19.6 Å². The van der Waals surface area contributed by atoms with Crippen LogP contribution in [0.1, 0.15) is 38.2 Å². The number of hydrogen-bond donors (Lipinski definition) is 0. The summed E-state index contributed by atoms with van der Waals surface area (Å²) < 4.78 is 11.8. The zero-order valence-corrected chi connectivity index (χ0v) is 18.4. The summed E-state index contributed by atoms with van der Waals surface area (Å²) in [6.07, 6.45) is 12.5. The van der Waals surface area contributed by atoms with Crippen molar-refractivity contribution < 1.29 is 9.16 Å². The molecule has 1 aromatic carbocycles. The Morgan fingerprint density at radius 1 is 1.04 bits per heavy atom. The highest BCUT2D eigenvalue weighted by molar-refractivity contribution is 6.70. The normalized spacial score (nSPS) is 34.2. The fourth-order valence-electron chi connectivity index (χ4n) is 5.88. The van der Waals surface area contributed by atoms with E-state index in [1.54, 1.807) is 7.11 Å². The Morgan fingerprint density at radius 3 is 2.33 bits per heavy atom. The molecule has 0 amide bonds. The van der Waals surface area contributed by atoms with Crippen molar-refractivity contribution >= 4 is 8.32 Å². The molecule has 0 saturated heterocycles. The van der Waals surface area contributed by atoms with Gasteiger partial charge in [0.05, 0.1) is 12.9 Å². The summed E-state index contributed by atoms with van der Waals surface area (Å²) in [5.41, 5.74) is 2.74. The van der Waals surface area contributed by atoms with E-state index in [4.69, 9.17) is 9.16 Å². The lowest BCUT2D eigenvalue weighted by Gasteiger charge is -2.50. The van der Waals surface area contributed by atoms with Gasteiger partial charge in [0.2, 0.25) is 8.32 Å². The van der Waals surface area contributed by atoms with Crippen LogP contribution in [-0.4, -0.2) is 15.4 Å². The second-order valence-corrected chi connectivity index (χ2v) is 14.1. The van der Waals surface area contributed by atoms with E-state index in [1.165, 1.54) is 36.8 Å². The van der Waals surface area contributed by atoms with Crippen LogP contribution in [0.5, 0.6) is 5.75 Å². The van der Waals surface area contributed by atoms with Crippen molar-refractivity contribution in [2.24, 2.45) is 10.8 Å². The van der Waals surface area contributed by atoms with Gasteiger partial charge in [0.15, 0.2) is 0 Å². The smallest absolute Gasteiger partial charge is 0.242 e. The maximum absolute atomic E-state index is 6.43. The zero-order chi connectivity index (χ0) is 19.5. The summed E-state index contributed by atoms with van der Waals surface area (Å²) in [4.78, 5) is 0. The first kappa shape index (κ1) is 18.6. The molecule has 0 heterocycles. The summed E-state index contributed by atoms with van der Waals surface area (Å²) in [6.45, 7) is 13.6. The first-order chi connectivity index (χ1) is 12.7. The van der Waals surface area contributed by atoms with Gasteiger partial charge in [-0.15, -0.1) is 0 Å². The van der Waals surface area contributed by atoms with Crippen molar-refractivity contribution in [3.8, 4) is 5.75 Å². The standard InChI is InChI=1S/C24H32O2Si/c1-18(26-27(4,5)6)21-17-23-14-8-7-13-22(23,2)24(21,16-15-23)19-9-11-20(25-3)12-10-19/h9-12,15-17H,1,7-8,13-14H2,2-6H3/t22-,23+,24+/m0/s1. The third-order valence-electron chi connectivity index (χ3n) is 7.15. The Bertz CT molecular complexity index is 829. The van der Waals surface area contributed by atoms with E-state index in [1.807, 2.05) is 0 Å². The minimum Gasteiger partial charge on any atom is -0.545 e. The maximum Gasteiger partial charge on any atom is 0.242 e. The van der Waals surface area contributed by atoms with Gasteiger partial charge in [-0.05, 0) is 55.6 Å². The highest BCUT2D eigenvalue weighted by atomic mass is 28.4. The fraction of sp³-hybridized carbons (Fsp3) is 0.500. The van der Waals surface area contributed by atoms with E-state index < -0.39 is 8.32 Å². The lowest BCUT2D eigenvalue weighted by molar-refractivity contribution is 0.0734. The molecule has 1 saturated carbocycles. The quantitative estimate of drug-likeness (QED) is 0.335. The number of methoxy groups -OCH3 is 1. The van der Waals surface area contributed by atoms with Crippen LogP contribution in [0.25, 0.3) is 0 Å². The molecule has 27 heavy (non-hydrogen) atoms. The molecule has 3 aliphatic carbocycles. The Morgan fingerprint density at radius 2 is 1.70 bits per heavy atom. The minimum atomic E-state index is -1.72. The van der Waals surface area contributed by atoms with Crippen LogP contribution in [-0.2, 0) is 9.84 Å². The molecule has 0 aromatic heterocycles. The Balaban J connectivity index is 1.87.